The van der Waals surface area contributed by atoms with Crippen molar-refractivity contribution in [2.75, 3.05) is 19.0 Å². The molecule has 19 nitrogen and oxygen atoms in total. The van der Waals surface area contributed by atoms with Crippen LogP contribution < -0.4 is 37.6 Å². The first-order chi connectivity index (χ1) is 29.9. The van der Waals surface area contributed by atoms with Crippen molar-refractivity contribution < 1.29 is 52.9 Å². The van der Waals surface area contributed by atoms with Crippen molar-refractivity contribution in [1.29, 1.82) is 0 Å². The van der Waals surface area contributed by atoms with Crippen molar-refractivity contribution >= 4 is 64.3 Å². The summed E-state index contributed by atoms with van der Waals surface area (Å²) in [7, 11) is 1.25. The summed E-state index contributed by atoms with van der Waals surface area (Å²) in [4.78, 5) is 107. The van der Waals surface area contributed by atoms with E-state index in [4.69, 9.17) is 10.5 Å². The number of carbonyl (C=O) groups is 8. The number of esters is 1. The number of H-pyrrole nitrogens is 1. The lowest BCUT2D eigenvalue weighted by Crippen LogP contribution is -2.59. The van der Waals surface area contributed by atoms with E-state index in [-0.39, 0.29) is 32.2 Å². The van der Waals surface area contributed by atoms with Gasteiger partial charge in [-0.15, -0.1) is 0 Å². The first kappa shape index (κ1) is 48.2. The van der Waals surface area contributed by atoms with E-state index in [0.29, 0.717) is 28.8 Å². The largest absolute Gasteiger partial charge is 0.481 e. The van der Waals surface area contributed by atoms with Gasteiger partial charge in [0.2, 0.25) is 23.6 Å². The molecule has 0 radical (unpaired) electrons. The van der Waals surface area contributed by atoms with Gasteiger partial charge in [0.05, 0.1) is 19.1 Å². The minimum absolute atomic E-state index is 0.00939. The summed E-state index contributed by atoms with van der Waals surface area (Å²) >= 11 is 0. The lowest BCUT2D eigenvalue weighted by atomic mass is 10.0. The number of unbranched alkanes of at least 4 members (excludes halogenated alkanes) is 1. The van der Waals surface area contributed by atoms with Crippen LogP contribution in [-0.2, 0) is 46.3 Å². The molecule has 4 aromatic rings. The molecule has 3 aromatic carbocycles. The standard InChI is InChI=1S/C44H54N8O11/c1-44(2,3)63-43(61)52-34(23-28-25-47-31-15-9-8-14-30(28)31)39(57)49-32(16-10-11-21-46-42(60)48-29-19-17-27(18-20-29)41(59)62-4)38(56)51-35(24-36(53)54)40(58)50-33(37(45)55)22-26-12-6-5-7-13-26/h5-9,12-15,17-20,25,32-35,47H,10-11,16,21-24H2,1-4H3,(H2,45,55)(H,49,57)(H,50,58)(H,51,56)(H,52,61)(H,53,54)(H2,46,48,60)/t32-,33-,34-,35-/m0/s1. The summed E-state index contributed by atoms with van der Waals surface area (Å²) in [5, 5.41) is 26.0. The van der Waals surface area contributed by atoms with Gasteiger partial charge in [-0.2, -0.15) is 0 Å². The number of aromatic nitrogens is 1. The van der Waals surface area contributed by atoms with Crippen LogP contribution in [0.4, 0.5) is 15.3 Å². The lowest BCUT2D eigenvalue weighted by Gasteiger charge is -2.27. The third-order valence-corrected chi connectivity index (χ3v) is 9.46. The Balaban J connectivity index is 1.52. The van der Waals surface area contributed by atoms with Crippen LogP contribution in [0, 0.1) is 0 Å². The zero-order valence-corrected chi connectivity index (χ0v) is 35.4. The number of benzene rings is 3. The zero-order valence-electron chi connectivity index (χ0n) is 35.4. The minimum Gasteiger partial charge on any atom is -0.481 e. The number of nitrogens with two attached hydrogens (primary N) is 1. The molecular formula is C44H54N8O11. The zero-order chi connectivity index (χ0) is 46.1. The fourth-order valence-electron chi connectivity index (χ4n) is 6.38. The Labute approximate surface area is 363 Å². The Morgan fingerprint density at radius 2 is 1.35 bits per heavy atom. The van der Waals surface area contributed by atoms with Crippen LogP contribution in [-0.4, -0.2) is 101 Å². The number of hydrogen-bond donors (Lipinski definition) is 9. The van der Waals surface area contributed by atoms with E-state index in [1.54, 1.807) is 57.3 Å². The quantitative estimate of drug-likeness (QED) is 0.0433. The van der Waals surface area contributed by atoms with Gasteiger partial charge < -0.3 is 57.2 Å². The van der Waals surface area contributed by atoms with E-state index < -0.39 is 83.9 Å². The fourth-order valence-corrected chi connectivity index (χ4v) is 6.38. The van der Waals surface area contributed by atoms with Gasteiger partial charge in [-0.05, 0) is 81.5 Å². The van der Waals surface area contributed by atoms with Crippen molar-refractivity contribution in [1.82, 2.24) is 31.6 Å². The molecule has 1 aromatic heterocycles. The molecule has 0 aliphatic heterocycles. The summed E-state index contributed by atoms with van der Waals surface area (Å²) in [6.07, 6.45) is 0.309. The number of carboxylic acid groups (broad SMARTS) is 1. The van der Waals surface area contributed by atoms with Crippen LogP contribution in [0.3, 0.4) is 0 Å². The number of aliphatic carboxylic acids is 1. The highest BCUT2D eigenvalue weighted by atomic mass is 16.6. The van der Waals surface area contributed by atoms with Crippen LogP contribution in [0.1, 0.15) is 67.9 Å². The van der Waals surface area contributed by atoms with Gasteiger partial charge in [-0.1, -0.05) is 48.5 Å². The molecule has 63 heavy (non-hydrogen) atoms. The molecule has 1 heterocycles. The second-order valence-electron chi connectivity index (χ2n) is 15.6. The summed E-state index contributed by atoms with van der Waals surface area (Å²) in [6.45, 7) is 5.08. The van der Waals surface area contributed by atoms with E-state index in [2.05, 4.69) is 41.6 Å². The maximum Gasteiger partial charge on any atom is 0.408 e. The molecule has 0 bridgehead atoms. The van der Waals surface area contributed by atoms with Crippen LogP contribution >= 0.6 is 0 Å². The summed E-state index contributed by atoms with van der Waals surface area (Å²) in [6, 6.07) is 15.8. The third kappa shape index (κ3) is 15.8. The molecular weight excluding hydrogens is 817 g/mol. The highest BCUT2D eigenvalue weighted by molar-refractivity contribution is 5.97. The van der Waals surface area contributed by atoms with Crippen molar-refractivity contribution in [2.45, 2.75) is 89.1 Å². The number of amides is 7. The average molecular weight is 871 g/mol. The van der Waals surface area contributed by atoms with Gasteiger partial charge in [0, 0.05) is 42.2 Å². The Morgan fingerprint density at radius 3 is 2.00 bits per heavy atom. The molecule has 0 fully saturated rings. The molecule has 0 aliphatic rings. The lowest BCUT2D eigenvalue weighted by molar-refractivity contribution is -0.141. The normalized spacial score (nSPS) is 13.0. The molecule has 19 heteroatoms. The number of urea groups is 1. The van der Waals surface area contributed by atoms with Crippen molar-refractivity contribution in [3.05, 3.63) is 102 Å². The summed E-state index contributed by atoms with van der Waals surface area (Å²) in [5.41, 5.74) is 7.48. The average Bonchev–Trinajstić information content (AvgIpc) is 3.64. The van der Waals surface area contributed by atoms with Gasteiger partial charge in [0.1, 0.15) is 29.8 Å². The van der Waals surface area contributed by atoms with Gasteiger partial charge in [0.25, 0.3) is 0 Å². The number of alkyl carbamates (subject to hydrolysis) is 1. The molecule has 10 N–H and O–H groups in total. The monoisotopic (exact) mass is 870 g/mol. The number of fused-ring (bicyclic) bond motifs is 1. The smallest absolute Gasteiger partial charge is 0.408 e. The van der Waals surface area contributed by atoms with Gasteiger partial charge in [0.15, 0.2) is 0 Å². The number of carbonyl (C=O) groups excluding carboxylic acids is 7. The third-order valence-electron chi connectivity index (χ3n) is 9.46. The number of para-hydroxylation sites is 1. The van der Waals surface area contributed by atoms with Gasteiger partial charge in [-0.3, -0.25) is 24.0 Å². The van der Waals surface area contributed by atoms with Gasteiger partial charge >= 0.3 is 24.1 Å². The highest BCUT2D eigenvalue weighted by Gasteiger charge is 2.33. The first-order valence-electron chi connectivity index (χ1n) is 20.2. The number of carboxylic acids is 1. The number of ether oxygens (including phenoxy) is 2. The topological polar surface area (TPSA) is 289 Å². The predicted molar refractivity (Wildman–Crippen MR) is 231 cm³/mol. The highest BCUT2D eigenvalue weighted by Crippen LogP contribution is 2.20. The maximum atomic E-state index is 14.2. The number of nitrogens with one attached hydrogen (secondary N) is 7. The van der Waals surface area contributed by atoms with E-state index >= 15 is 0 Å². The molecule has 0 saturated carbocycles. The molecule has 4 rings (SSSR count). The van der Waals surface area contributed by atoms with E-state index in [1.807, 2.05) is 24.3 Å². The molecule has 0 saturated heterocycles. The predicted octanol–water partition coefficient (Wildman–Crippen LogP) is 3.04. The Hall–Kier alpha value is -7.44. The SMILES string of the molecule is COC(=O)c1ccc(NC(=O)NCCCC[C@H](NC(=O)[C@H](Cc2c[nH]c3ccccc23)NC(=O)OC(C)(C)C)C(=O)N[C@@H](CC(=O)O)C(=O)N[C@@H](Cc2ccccc2)C(N)=O)cc1. The molecule has 7 amide bonds. The van der Waals surface area contributed by atoms with Crippen molar-refractivity contribution in [3.63, 3.8) is 0 Å². The molecule has 0 unspecified atom stereocenters. The number of primary amides is 1. The molecule has 0 aliphatic carbocycles. The second kappa shape index (κ2) is 23.0. The maximum absolute atomic E-state index is 14.2. The van der Waals surface area contributed by atoms with Crippen LogP contribution in [0.2, 0.25) is 0 Å². The first-order valence-corrected chi connectivity index (χ1v) is 20.2. The molecule has 336 valence electrons. The molecule has 0 spiro atoms. The number of aromatic amines is 1. The summed E-state index contributed by atoms with van der Waals surface area (Å²) in [5.74, 6) is -5.61. The van der Waals surface area contributed by atoms with E-state index in [1.165, 1.54) is 31.4 Å². The van der Waals surface area contributed by atoms with Gasteiger partial charge in [-0.25, -0.2) is 14.4 Å². The molecule has 4 atom stereocenters. The van der Waals surface area contributed by atoms with Crippen LogP contribution in [0.25, 0.3) is 10.9 Å². The Morgan fingerprint density at radius 1 is 0.730 bits per heavy atom. The Kier molecular flexibility index (Phi) is 17.6. The second-order valence-corrected chi connectivity index (χ2v) is 15.6. The number of methoxy groups -OCH3 is 1. The number of hydrogen-bond acceptors (Lipinski definition) is 10. The number of rotatable bonds is 21. The Bertz CT molecular complexity index is 2240. The van der Waals surface area contributed by atoms with Crippen molar-refractivity contribution in [3.8, 4) is 0 Å². The minimum atomic E-state index is -1.71. The van der Waals surface area contributed by atoms with Crippen LogP contribution in [0.5, 0.6) is 0 Å². The number of anilines is 1. The van der Waals surface area contributed by atoms with E-state index in [0.717, 1.165) is 10.9 Å². The van der Waals surface area contributed by atoms with E-state index in [9.17, 15) is 43.5 Å². The fraction of sp³-hybridized carbons (Fsp3) is 0.364. The van der Waals surface area contributed by atoms with Crippen molar-refractivity contribution in [2.24, 2.45) is 5.73 Å². The summed E-state index contributed by atoms with van der Waals surface area (Å²) < 4.78 is 10.1. The van der Waals surface area contributed by atoms with Crippen LogP contribution in [0.15, 0.2) is 85.1 Å².